The van der Waals surface area contributed by atoms with Crippen LogP contribution in [0.5, 0.6) is 0 Å². The molecule has 0 amide bonds. The van der Waals surface area contributed by atoms with Gasteiger partial charge in [0.2, 0.25) is 0 Å². The Bertz CT molecular complexity index is 1030. The average molecular weight is 320 g/mol. The van der Waals surface area contributed by atoms with E-state index in [1.54, 1.807) is 35.0 Å². The van der Waals surface area contributed by atoms with Crippen molar-refractivity contribution in [1.82, 2.24) is 9.78 Å². The first-order valence-electron chi connectivity index (χ1n) is 7.50. The van der Waals surface area contributed by atoms with E-state index < -0.39 is 0 Å². The number of halogens is 1. The molecule has 4 aromatic rings. The molecule has 0 radical (unpaired) electrons. The number of furan rings is 1. The summed E-state index contributed by atoms with van der Waals surface area (Å²) in [6.07, 6.45) is 0.655. The molecule has 0 aliphatic rings. The lowest BCUT2D eigenvalue weighted by molar-refractivity contribution is 0.110. The molecule has 0 aliphatic heterocycles. The first-order chi connectivity index (χ1) is 11.8. The van der Waals surface area contributed by atoms with E-state index in [4.69, 9.17) is 4.42 Å². The van der Waals surface area contributed by atoms with Crippen LogP contribution in [-0.2, 0) is 6.54 Å². The van der Waals surface area contributed by atoms with E-state index in [0.29, 0.717) is 29.8 Å². The monoisotopic (exact) mass is 320 g/mol. The minimum absolute atomic E-state index is 0.248. The van der Waals surface area contributed by atoms with Crippen molar-refractivity contribution in [3.63, 3.8) is 0 Å². The first kappa shape index (κ1) is 14.4. The number of nitrogens with zero attached hydrogens (tertiary/aromatic N) is 2. The zero-order chi connectivity index (χ0) is 16.5. The van der Waals surface area contributed by atoms with Gasteiger partial charge in [0.15, 0.2) is 17.8 Å². The van der Waals surface area contributed by atoms with Gasteiger partial charge in [0, 0.05) is 10.9 Å². The summed E-state index contributed by atoms with van der Waals surface area (Å²) in [5, 5.41) is 5.47. The maximum absolute atomic E-state index is 14.0. The lowest BCUT2D eigenvalue weighted by Gasteiger charge is -2.04. The van der Waals surface area contributed by atoms with Crippen LogP contribution in [0, 0.1) is 5.82 Å². The van der Waals surface area contributed by atoms with Crippen LogP contribution in [0.1, 0.15) is 16.1 Å². The number of carbonyl (C=O) groups is 1. The first-order valence-corrected chi connectivity index (χ1v) is 7.50. The summed E-state index contributed by atoms with van der Waals surface area (Å²) in [6, 6.07) is 17.6. The fourth-order valence-corrected chi connectivity index (χ4v) is 2.76. The predicted molar refractivity (Wildman–Crippen MR) is 88.3 cm³/mol. The Morgan fingerprint density at radius 2 is 1.83 bits per heavy atom. The van der Waals surface area contributed by atoms with Crippen LogP contribution >= 0.6 is 0 Å². The lowest BCUT2D eigenvalue weighted by Crippen LogP contribution is -2.03. The van der Waals surface area contributed by atoms with Crippen LogP contribution < -0.4 is 0 Å². The number of fused-ring (bicyclic) bond motifs is 1. The number of aldehydes is 1. The Labute approximate surface area is 137 Å². The van der Waals surface area contributed by atoms with Crippen molar-refractivity contribution in [2.75, 3.05) is 0 Å². The van der Waals surface area contributed by atoms with E-state index in [1.807, 2.05) is 24.3 Å². The third kappa shape index (κ3) is 2.40. The minimum atomic E-state index is -0.264. The van der Waals surface area contributed by atoms with Crippen molar-refractivity contribution < 1.29 is 13.6 Å². The second kappa shape index (κ2) is 5.77. The molecule has 0 fully saturated rings. The number of hydrogen-bond acceptors (Lipinski definition) is 3. The van der Waals surface area contributed by atoms with Crippen LogP contribution in [-0.4, -0.2) is 16.1 Å². The van der Waals surface area contributed by atoms with Gasteiger partial charge in [-0.25, -0.2) is 4.39 Å². The van der Waals surface area contributed by atoms with Gasteiger partial charge in [-0.2, -0.15) is 5.10 Å². The number of carbonyl (C=O) groups excluding carboxylic acids is 1. The number of benzene rings is 2. The molecule has 0 saturated carbocycles. The molecule has 0 unspecified atom stereocenters. The molecular weight excluding hydrogens is 307 g/mol. The minimum Gasteiger partial charge on any atom is -0.452 e. The predicted octanol–water partition coefficient (Wildman–Crippen LogP) is 4.30. The third-order valence-corrected chi connectivity index (χ3v) is 3.91. The molecule has 0 atom stereocenters. The molecule has 4 nitrogen and oxygen atoms in total. The highest BCUT2D eigenvalue weighted by Gasteiger charge is 2.16. The summed E-state index contributed by atoms with van der Waals surface area (Å²) in [5.74, 6) is 0.498. The van der Waals surface area contributed by atoms with Gasteiger partial charge in [-0.1, -0.05) is 36.4 Å². The van der Waals surface area contributed by atoms with Crippen molar-refractivity contribution in [3.05, 3.63) is 77.8 Å². The van der Waals surface area contributed by atoms with Gasteiger partial charge in [-0.3, -0.25) is 9.48 Å². The largest absolute Gasteiger partial charge is 0.452 e. The molecule has 5 heteroatoms. The molecule has 2 aromatic heterocycles. The number of hydrogen-bond donors (Lipinski definition) is 0. The van der Waals surface area contributed by atoms with Crippen LogP contribution in [0.3, 0.4) is 0 Å². The quantitative estimate of drug-likeness (QED) is 0.527. The summed E-state index contributed by atoms with van der Waals surface area (Å²) >= 11 is 0. The molecular formula is C19H13FN2O2. The van der Waals surface area contributed by atoms with Gasteiger partial charge in [-0.05, 0) is 24.3 Å². The molecule has 0 bridgehead atoms. The van der Waals surface area contributed by atoms with Crippen molar-refractivity contribution in [3.8, 4) is 11.5 Å². The van der Waals surface area contributed by atoms with E-state index in [2.05, 4.69) is 5.10 Å². The summed E-state index contributed by atoms with van der Waals surface area (Å²) in [4.78, 5) is 10.8. The fraction of sp³-hybridized carbons (Fsp3) is 0.0526. The van der Waals surface area contributed by atoms with Crippen molar-refractivity contribution in [2.45, 2.75) is 6.54 Å². The van der Waals surface area contributed by atoms with Gasteiger partial charge in [0.1, 0.15) is 11.5 Å². The number of para-hydroxylation sites is 1. The van der Waals surface area contributed by atoms with Gasteiger partial charge >= 0.3 is 0 Å². The molecule has 4 rings (SSSR count). The fourth-order valence-electron chi connectivity index (χ4n) is 2.76. The van der Waals surface area contributed by atoms with Crippen molar-refractivity contribution >= 4 is 17.2 Å². The maximum Gasteiger partial charge on any atom is 0.185 e. The zero-order valence-corrected chi connectivity index (χ0v) is 12.6. The normalized spacial score (nSPS) is 11.0. The molecule has 0 aliphatic carbocycles. The van der Waals surface area contributed by atoms with Crippen LogP contribution in [0.4, 0.5) is 4.39 Å². The Balaban J connectivity index is 1.85. The SMILES string of the molecule is O=Cc1ccc(-c2nn(Cc3ccccc3F)c3ccccc23)o1. The lowest BCUT2D eigenvalue weighted by atomic mass is 10.1. The van der Waals surface area contributed by atoms with Gasteiger partial charge in [0.05, 0.1) is 12.1 Å². The molecule has 0 saturated heterocycles. The highest BCUT2D eigenvalue weighted by molar-refractivity contribution is 5.92. The molecule has 24 heavy (non-hydrogen) atoms. The number of rotatable bonds is 4. The second-order valence-corrected chi connectivity index (χ2v) is 5.43. The third-order valence-electron chi connectivity index (χ3n) is 3.91. The number of aromatic nitrogens is 2. The highest BCUT2D eigenvalue weighted by Crippen LogP contribution is 2.29. The standard InChI is InChI=1S/C19H13FN2O2/c20-16-7-3-1-5-13(16)11-22-17-8-4-2-6-15(17)19(21-22)18-10-9-14(12-23)24-18/h1-10,12H,11H2. The van der Waals surface area contributed by atoms with E-state index in [9.17, 15) is 9.18 Å². The Hall–Kier alpha value is -3.21. The van der Waals surface area contributed by atoms with Gasteiger partial charge < -0.3 is 4.42 Å². The van der Waals surface area contributed by atoms with Gasteiger partial charge in [0.25, 0.3) is 0 Å². The van der Waals surface area contributed by atoms with E-state index >= 15 is 0 Å². The zero-order valence-electron chi connectivity index (χ0n) is 12.6. The Morgan fingerprint density at radius 3 is 2.62 bits per heavy atom. The Kier molecular flexibility index (Phi) is 3.46. The summed E-state index contributed by atoms with van der Waals surface area (Å²) < 4.78 is 21.2. The molecule has 2 aromatic carbocycles. The van der Waals surface area contributed by atoms with Crippen LogP contribution in [0.15, 0.2) is 65.1 Å². The van der Waals surface area contributed by atoms with E-state index in [-0.39, 0.29) is 11.6 Å². The molecule has 0 N–H and O–H groups in total. The molecule has 0 spiro atoms. The molecule has 118 valence electrons. The van der Waals surface area contributed by atoms with Crippen LogP contribution in [0.25, 0.3) is 22.4 Å². The van der Waals surface area contributed by atoms with Crippen LogP contribution in [0.2, 0.25) is 0 Å². The average Bonchev–Trinajstić information content (AvgIpc) is 3.22. The van der Waals surface area contributed by atoms with Crippen molar-refractivity contribution in [2.24, 2.45) is 0 Å². The summed E-state index contributed by atoms with van der Waals surface area (Å²) in [6.45, 7) is 0.314. The smallest absolute Gasteiger partial charge is 0.185 e. The topological polar surface area (TPSA) is 48.0 Å². The summed E-state index contributed by atoms with van der Waals surface area (Å²) in [5.41, 5.74) is 2.07. The van der Waals surface area contributed by atoms with E-state index in [1.165, 1.54) is 6.07 Å². The summed E-state index contributed by atoms with van der Waals surface area (Å²) in [7, 11) is 0. The molecule has 2 heterocycles. The Morgan fingerprint density at radius 1 is 1.04 bits per heavy atom. The van der Waals surface area contributed by atoms with Gasteiger partial charge in [-0.15, -0.1) is 0 Å². The second-order valence-electron chi connectivity index (χ2n) is 5.43. The van der Waals surface area contributed by atoms with E-state index in [0.717, 1.165) is 10.9 Å². The highest BCUT2D eigenvalue weighted by atomic mass is 19.1. The van der Waals surface area contributed by atoms with Crippen molar-refractivity contribution in [1.29, 1.82) is 0 Å². The maximum atomic E-state index is 14.0.